The molecule has 3 rings (SSSR count). The maximum Gasteiger partial charge on any atom is 0.0641 e. The van der Waals surface area contributed by atoms with Crippen molar-refractivity contribution in [2.75, 3.05) is 6.61 Å². The zero-order valence-electron chi connectivity index (χ0n) is 11.1. The van der Waals surface area contributed by atoms with Crippen molar-refractivity contribution >= 4 is 0 Å². The Balaban J connectivity index is 1.85. The first-order chi connectivity index (χ1) is 9.86. The minimum absolute atomic E-state index is 0.105. The zero-order valence-corrected chi connectivity index (χ0v) is 11.1. The molecule has 3 heteroatoms. The largest absolute Gasteiger partial charge is 0.394 e. The van der Waals surface area contributed by atoms with Crippen LogP contribution < -0.4 is 0 Å². The summed E-state index contributed by atoms with van der Waals surface area (Å²) in [4.78, 5) is 0. The predicted molar refractivity (Wildman–Crippen MR) is 80.2 cm³/mol. The summed E-state index contributed by atoms with van der Waals surface area (Å²) in [6.45, 7) is 0.635. The summed E-state index contributed by atoms with van der Waals surface area (Å²) in [7, 11) is 0. The molecular weight excluding hydrogens is 248 g/mol. The third-order valence-electron chi connectivity index (χ3n) is 3.29. The molecule has 100 valence electrons. The fourth-order valence-corrected chi connectivity index (χ4v) is 2.22. The van der Waals surface area contributed by atoms with E-state index in [-0.39, 0.29) is 6.61 Å². The number of nitrogens with zero attached hydrogens (tertiary/aromatic N) is 2. The van der Waals surface area contributed by atoms with Crippen LogP contribution in [-0.2, 0) is 6.54 Å². The number of hydrogen-bond acceptors (Lipinski definition) is 2. The summed E-state index contributed by atoms with van der Waals surface area (Å²) < 4.78 is 1.75. The van der Waals surface area contributed by atoms with Gasteiger partial charge in [-0.05, 0) is 16.7 Å². The summed E-state index contributed by atoms with van der Waals surface area (Å²) in [5.41, 5.74) is 4.62. The van der Waals surface area contributed by atoms with E-state index in [1.807, 2.05) is 30.6 Å². The molecule has 0 aliphatic carbocycles. The van der Waals surface area contributed by atoms with Crippen LogP contribution in [0.5, 0.6) is 0 Å². The van der Waals surface area contributed by atoms with Crippen LogP contribution in [0.15, 0.2) is 67.0 Å². The molecule has 3 aromatic rings. The van der Waals surface area contributed by atoms with Crippen molar-refractivity contribution < 1.29 is 5.11 Å². The average molecular weight is 264 g/mol. The Hall–Kier alpha value is -2.39. The first-order valence-electron chi connectivity index (χ1n) is 6.66. The Labute approximate surface area is 118 Å². The van der Waals surface area contributed by atoms with Crippen LogP contribution in [0, 0.1) is 0 Å². The molecule has 1 N–H and O–H groups in total. The van der Waals surface area contributed by atoms with Gasteiger partial charge < -0.3 is 5.11 Å². The smallest absolute Gasteiger partial charge is 0.0641 e. The van der Waals surface area contributed by atoms with Gasteiger partial charge >= 0.3 is 0 Å². The Kier molecular flexibility index (Phi) is 3.61. The highest BCUT2D eigenvalue weighted by Gasteiger charge is 2.02. The SMILES string of the molecule is OCCn1cc(-c2ccc(-c3ccccc3)cc2)cn1. The molecule has 0 unspecified atom stereocenters. The molecule has 3 nitrogen and oxygen atoms in total. The molecule has 0 bridgehead atoms. The summed E-state index contributed by atoms with van der Waals surface area (Å²) in [5, 5.41) is 13.1. The van der Waals surface area contributed by atoms with E-state index in [0.29, 0.717) is 6.54 Å². The molecule has 0 saturated carbocycles. The molecule has 2 aromatic carbocycles. The highest BCUT2D eigenvalue weighted by Crippen LogP contribution is 2.24. The van der Waals surface area contributed by atoms with Gasteiger partial charge in [-0.25, -0.2) is 0 Å². The van der Waals surface area contributed by atoms with Gasteiger partial charge in [0, 0.05) is 11.8 Å². The molecule has 0 radical (unpaired) electrons. The van der Waals surface area contributed by atoms with Crippen molar-refractivity contribution in [3.05, 3.63) is 67.0 Å². The fraction of sp³-hybridized carbons (Fsp3) is 0.118. The fourth-order valence-electron chi connectivity index (χ4n) is 2.22. The molecule has 0 aliphatic heterocycles. The standard InChI is InChI=1S/C17H16N2O/c20-11-10-19-13-17(12-18-19)16-8-6-15(7-9-16)14-4-2-1-3-5-14/h1-9,12-13,20H,10-11H2. The van der Waals surface area contributed by atoms with E-state index >= 15 is 0 Å². The minimum atomic E-state index is 0.105. The second-order valence-corrected chi connectivity index (χ2v) is 4.66. The normalized spacial score (nSPS) is 10.7. The lowest BCUT2D eigenvalue weighted by Gasteiger charge is -2.03. The van der Waals surface area contributed by atoms with Crippen molar-refractivity contribution in [2.24, 2.45) is 0 Å². The summed E-state index contributed by atoms with van der Waals surface area (Å²) in [6.07, 6.45) is 3.78. The Morgan fingerprint density at radius 2 is 1.40 bits per heavy atom. The maximum atomic E-state index is 8.90. The van der Waals surface area contributed by atoms with Crippen molar-refractivity contribution in [1.29, 1.82) is 0 Å². The Bertz CT molecular complexity index is 672. The van der Waals surface area contributed by atoms with E-state index in [2.05, 4.69) is 41.5 Å². The van der Waals surface area contributed by atoms with Crippen molar-refractivity contribution in [3.63, 3.8) is 0 Å². The Morgan fingerprint density at radius 1 is 0.800 bits per heavy atom. The highest BCUT2D eigenvalue weighted by atomic mass is 16.3. The zero-order chi connectivity index (χ0) is 13.8. The van der Waals surface area contributed by atoms with E-state index in [0.717, 1.165) is 11.1 Å². The Morgan fingerprint density at radius 3 is 2.05 bits per heavy atom. The van der Waals surface area contributed by atoms with Gasteiger partial charge in [-0.15, -0.1) is 0 Å². The summed E-state index contributed by atoms with van der Waals surface area (Å²) in [5.74, 6) is 0. The van der Waals surface area contributed by atoms with Gasteiger partial charge in [0.15, 0.2) is 0 Å². The molecule has 0 atom stereocenters. The first-order valence-corrected chi connectivity index (χ1v) is 6.66. The summed E-state index contributed by atoms with van der Waals surface area (Å²) in [6, 6.07) is 18.8. The summed E-state index contributed by atoms with van der Waals surface area (Å²) >= 11 is 0. The van der Waals surface area contributed by atoms with Crippen molar-refractivity contribution in [2.45, 2.75) is 6.54 Å². The van der Waals surface area contributed by atoms with Crippen LogP contribution in [0.4, 0.5) is 0 Å². The topological polar surface area (TPSA) is 38.0 Å². The van der Waals surface area contributed by atoms with Gasteiger partial charge in [0.25, 0.3) is 0 Å². The molecule has 0 amide bonds. The van der Waals surface area contributed by atoms with E-state index in [9.17, 15) is 0 Å². The molecule has 20 heavy (non-hydrogen) atoms. The number of benzene rings is 2. The van der Waals surface area contributed by atoms with Gasteiger partial charge in [-0.1, -0.05) is 54.6 Å². The van der Waals surface area contributed by atoms with Crippen LogP contribution in [0.2, 0.25) is 0 Å². The monoisotopic (exact) mass is 264 g/mol. The number of aliphatic hydroxyl groups is 1. The quantitative estimate of drug-likeness (QED) is 0.785. The third kappa shape index (κ3) is 2.63. The van der Waals surface area contributed by atoms with Crippen molar-refractivity contribution in [3.8, 4) is 22.3 Å². The molecule has 1 aromatic heterocycles. The molecule has 0 aliphatic rings. The molecule has 0 spiro atoms. The lowest BCUT2D eigenvalue weighted by atomic mass is 10.0. The minimum Gasteiger partial charge on any atom is -0.394 e. The highest BCUT2D eigenvalue weighted by molar-refractivity contribution is 5.69. The predicted octanol–water partition coefficient (Wildman–Crippen LogP) is 3.21. The second-order valence-electron chi connectivity index (χ2n) is 4.66. The van der Waals surface area contributed by atoms with E-state index in [1.54, 1.807) is 4.68 Å². The third-order valence-corrected chi connectivity index (χ3v) is 3.29. The van der Waals surface area contributed by atoms with Crippen LogP contribution in [0.3, 0.4) is 0 Å². The van der Waals surface area contributed by atoms with Crippen LogP contribution in [0.25, 0.3) is 22.3 Å². The van der Waals surface area contributed by atoms with Gasteiger partial charge in [-0.3, -0.25) is 4.68 Å². The number of aliphatic hydroxyl groups excluding tert-OH is 1. The van der Waals surface area contributed by atoms with Gasteiger partial charge in [0.2, 0.25) is 0 Å². The number of aromatic nitrogens is 2. The van der Waals surface area contributed by atoms with Crippen LogP contribution in [-0.4, -0.2) is 21.5 Å². The van der Waals surface area contributed by atoms with Crippen LogP contribution >= 0.6 is 0 Å². The second kappa shape index (κ2) is 5.72. The average Bonchev–Trinajstić information content (AvgIpc) is 2.97. The number of hydrogen-bond donors (Lipinski definition) is 1. The lowest BCUT2D eigenvalue weighted by Crippen LogP contribution is -2.01. The van der Waals surface area contributed by atoms with Gasteiger partial charge in [-0.2, -0.15) is 5.10 Å². The first kappa shape index (κ1) is 12.6. The van der Waals surface area contributed by atoms with Gasteiger partial charge in [0.1, 0.15) is 0 Å². The number of rotatable bonds is 4. The van der Waals surface area contributed by atoms with Gasteiger partial charge in [0.05, 0.1) is 19.3 Å². The van der Waals surface area contributed by atoms with Crippen molar-refractivity contribution in [1.82, 2.24) is 9.78 Å². The molecule has 1 heterocycles. The van der Waals surface area contributed by atoms with E-state index in [1.165, 1.54) is 11.1 Å². The molecule has 0 saturated heterocycles. The molecular formula is C17H16N2O. The van der Waals surface area contributed by atoms with Crippen LogP contribution in [0.1, 0.15) is 0 Å². The molecule has 0 fully saturated rings. The lowest BCUT2D eigenvalue weighted by molar-refractivity contribution is 0.269. The van der Waals surface area contributed by atoms with E-state index < -0.39 is 0 Å². The van der Waals surface area contributed by atoms with E-state index in [4.69, 9.17) is 5.11 Å². The maximum absolute atomic E-state index is 8.90.